The molecule has 0 radical (unpaired) electrons. The van der Waals surface area contributed by atoms with Crippen LogP contribution in [0.25, 0.3) is 22.4 Å². The zero-order valence-electron chi connectivity index (χ0n) is 13.2. The molecule has 0 saturated carbocycles. The van der Waals surface area contributed by atoms with Gasteiger partial charge in [0, 0.05) is 11.6 Å². The molecule has 0 amide bonds. The van der Waals surface area contributed by atoms with Crippen LogP contribution in [0.1, 0.15) is 23.9 Å². The van der Waals surface area contributed by atoms with Crippen molar-refractivity contribution in [3.05, 3.63) is 62.8 Å². The highest BCUT2D eigenvalue weighted by Gasteiger charge is 2.16. The van der Waals surface area contributed by atoms with Gasteiger partial charge in [-0.15, -0.1) is 11.3 Å². The Morgan fingerprint density at radius 1 is 1.48 bits per heavy atom. The molecule has 2 aromatic heterocycles. The van der Waals surface area contributed by atoms with Crippen LogP contribution in [0.3, 0.4) is 0 Å². The molecule has 0 aliphatic rings. The molecule has 7 nitrogen and oxygen atoms in total. The standard InChI is InChI=1S/C17H12N4O3S/c1-2-12-6-5-11(9-14(12)21(22)23)8-13(10-18)17-19-16(20-24-17)15-4-3-7-25-15/h3-9H,2H2,1H3/b13-8+. The van der Waals surface area contributed by atoms with Gasteiger partial charge in [0.15, 0.2) is 0 Å². The summed E-state index contributed by atoms with van der Waals surface area (Å²) in [7, 11) is 0. The quantitative estimate of drug-likeness (QED) is 0.384. The first-order chi connectivity index (χ1) is 12.1. The SMILES string of the molecule is CCc1ccc(/C=C(\C#N)c2nc(-c3cccs3)no2)cc1[N+](=O)[O-]. The molecular formula is C17H12N4O3S. The zero-order chi connectivity index (χ0) is 17.8. The maximum atomic E-state index is 11.2. The van der Waals surface area contributed by atoms with E-state index in [2.05, 4.69) is 10.1 Å². The third-order valence-corrected chi connectivity index (χ3v) is 4.38. The maximum Gasteiger partial charge on any atom is 0.273 e. The van der Waals surface area contributed by atoms with Crippen LogP contribution in [0.5, 0.6) is 0 Å². The first-order valence-electron chi connectivity index (χ1n) is 7.39. The Kier molecular flexibility index (Phi) is 4.68. The molecule has 3 aromatic rings. The number of hydrogen-bond donors (Lipinski definition) is 0. The van der Waals surface area contributed by atoms with Crippen LogP contribution >= 0.6 is 11.3 Å². The van der Waals surface area contributed by atoms with Gasteiger partial charge in [-0.3, -0.25) is 10.1 Å². The lowest BCUT2D eigenvalue weighted by Crippen LogP contribution is -1.95. The van der Waals surface area contributed by atoms with Crippen molar-refractivity contribution in [2.45, 2.75) is 13.3 Å². The number of allylic oxidation sites excluding steroid dienone is 1. The Hall–Kier alpha value is -3.31. The van der Waals surface area contributed by atoms with Gasteiger partial charge in [-0.2, -0.15) is 10.2 Å². The van der Waals surface area contributed by atoms with Crippen molar-refractivity contribution in [1.82, 2.24) is 10.1 Å². The summed E-state index contributed by atoms with van der Waals surface area (Å²) in [6, 6.07) is 10.6. The monoisotopic (exact) mass is 352 g/mol. The third-order valence-electron chi connectivity index (χ3n) is 3.52. The first kappa shape index (κ1) is 16.5. The molecule has 8 heteroatoms. The number of nitrogens with zero attached hydrogens (tertiary/aromatic N) is 4. The molecule has 0 spiro atoms. The Bertz CT molecular complexity index is 984. The van der Waals surface area contributed by atoms with Crippen molar-refractivity contribution in [3.63, 3.8) is 0 Å². The number of thiophene rings is 1. The lowest BCUT2D eigenvalue weighted by Gasteiger charge is -2.01. The number of nitro groups is 1. The number of aromatic nitrogens is 2. The van der Waals surface area contributed by atoms with Crippen LogP contribution < -0.4 is 0 Å². The lowest BCUT2D eigenvalue weighted by atomic mass is 10.1. The van der Waals surface area contributed by atoms with Crippen LogP contribution in [-0.2, 0) is 6.42 Å². The Labute approximate surface area is 147 Å². The maximum absolute atomic E-state index is 11.2. The summed E-state index contributed by atoms with van der Waals surface area (Å²) in [6.45, 7) is 1.85. The van der Waals surface area contributed by atoms with E-state index >= 15 is 0 Å². The van der Waals surface area contributed by atoms with Gasteiger partial charge >= 0.3 is 0 Å². The van der Waals surface area contributed by atoms with Crippen LogP contribution in [0.4, 0.5) is 5.69 Å². The van der Waals surface area contributed by atoms with Crippen LogP contribution in [-0.4, -0.2) is 15.1 Å². The van der Waals surface area contributed by atoms with Crippen molar-refractivity contribution < 1.29 is 9.45 Å². The predicted molar refractivity (Wildman–Crippen MR) is 93.6 cm³/mol. The summed E-state index contributed by atoms with van der Waals surface area (Å²) in [5.74, 6) is 0.478. The molecule has 0 bridgehead atoms. The molecule has 124 valence electrons. The number of rotatable bonds is 5. The van der Waals surface area contributed by atoms with E-state index in [1.165, 1.54) is 23.5 Å². The average molecular weight is 352 g/mol. The minimum atomic E-state index is -0.427. The van der Waals surface area contributed by atoms with E-state index in [1.807, 2.05) is 30.5 Å². The number of benzene rings is 1. The predicted octanol–water partition coefficient (Wildman–Crippen LogP) is 4.33. The number of hydrogen-bond acceptors (Lipinski definition) is 7. The summed E-state index contributed by atoms with van der Waals surface area (Å²) >= 11 is 1.46. The Morgan fingerprint density at radius 2 is 2.32 bits per heavy atom. The fourth-order valence-electron chi connectivity index (χ4n) is 2.29. The Balaban J connectivity index is 1.97. The molecule has 0 unspecified atom stereocenters. The molecule has 0 fully saturated rings. The summed E-state index contributed by atoms with van der Waals surface area (Å²) in [5.41, 5.74) is 1.34. The van der Waals surface area contributed by atoms with E-state index in [9.17, 15) is 15.4 Å². The minimum absolute atomic E-state index is 0.0262. The van der Waals surface area contributed by atoms with Crippen LogP contribution in [0.15, 0.2) is 40.2 Å². The van der Waals surface area contributed by atoms with Crippen molar-refractivity contribution in [3.8, 4) is 16.8 Å². The van der Waals surface area contributed by atoms with Crippen LogP contribution in [0.2, 0.25) is 0 Å². The highest BCUT2D eigenvalue weighted by Crippen LogP contribution is 2.26. The molecule has 1 aromatic carbocycles. The van der Waals surface area contributed by atoms with Crippen molar-refractivity contribution in [2.24, 2.45) is 0 Å². The van der Waals surface area contributed by atoms with Gasteiger partial charge in [-0.25, -0.2) is 0 Å². The van der Waals surface area contributed by atoms with Gasteiger partial charge in [-0.05, 0) is 29.5 Å². The highest BCUT2D eigenvalue weighted by molar-refractivity contribution is 7.13. The molecule has 3 rings (SSSR count). The molecule has 2 heterocycles. The Morgan fingerprint density at radius 3 is 2.96 bits per heavy atom. The molecule has 0 N–H and O–H groups in total. The fraction of sp³-hybridized carbons (Fsp3) is 0.118. The van der Waals surface area contributed by atoms with Gasteiger partial charge in [0.1, 0.15) is 11.6 Å². The summed E-state index contributed by atoms with van der Waals surface area (Å²) in [5, 5.41) is 26.3. The summed E-state index contributed by atoms with van der Waals surface area (Å²) in [4.78, 5) is 15.8. The van der Waals surface area contributed by atoms with E-state index in [4.69, 9.17) is 4.52 Å². The lowest BCUT2D eigenvalue weighted by molar-refractivity contribution is -0.385. The van der Waals surface area contributed by atoms with Crippen molar-refractivity contribution in [2.75, 3.05) is 0 Å². The summed E-state index contributed by atoms with van der Waals surface area (Å²) in [6.07, 6.45) is 2.05. The molecule has 0 aliphatic heterocycles. The molecular weight excluding hydrogens is 340 g/mol. The van der Waals surface area contributed by atoms with Crippen molar-refractivity contribution in [1.29, 1.82) is 5.26 Å². The highest BCUT2D eigenvalue weighted by atomic mass is 32.1. The van der Waals surface area contributed by atoms with E-state index in [1.54, 1.807) is 12.1 Å². The van der Waals surface area contributed by atoms with E-state index < -0.39 is 4.92 Å². The first-order valence-corrected chi connectivity index (χ1v) is 8.27. The summed E-state index contributed by atoms with van der Waals surface area (Å²) < 4.78 is 5.16. The molecule has 25 heavy (non-hydrogen) atoms. The third kappa shape index (κ3) is 3.46. The van der Waals surface area contributed by atoms with Gasteiger partial charge in [0.05, 0.1) is 9.80 Å². The van der Waals surface area contributed by atoms with Gasteiger partial charge in [-0.1, -0.05) is 30.3 Å². The smallest absolute Gasteiger partial charge is 0.273 e. The number of aryl methyl sites for hydroxylation is 1. The average Bonchev–Trinajstić information content (AvgIpc) is 3.30. The van der Waals surface area contributed by atoms with E-state index in [0.29, 0.717) is 23.4 Å². The van der Waals surface area contributed by atoms with Gasteiger partial charge in [0.2, 0.25) is 5.82 Å². The zero-order valence-corrected chi connectivity index (χ0v) is 14.0. The van der Waals surface area contributed by atoms with Gasteiger partial charge < -0.3 is 4.52 Å². The van der Waals surface area contributed by atoms with Crippen LogP contribution in [0, 0.1) is 21.4 Å². The largest absolute Gasteiger partial charge is 0.333 e. The normalized spacial score (nSPS) is 11.3. The minimum Gasteiger partial charge on any atom is -0.333 e. The molecule has 0 saturated heterocycles. The van der Waals surface area contributed by atoms with E-state index in [0.717, 1.165) is 4.88 Å². The van der Waals surface area contributed by atoms with E-state index in [-0.39, 0.29) is 17.2 Å². The second kappa shape index (κ2) is 7.07. The number of nitriles is 1. The fourth-order valence-corrected chi connectivity index (χ4v) is 2.94. The van der Waals surface area contributed by atoms with Crippen molar-refractivity contribution >= 4 is 28.7 Å². The number of nitro benzene ring substituents is 1. The second-order valence-electron chi connectivity index (χ2n) is 5.07. The topological polar surface area (TPSA) is 106 Å². The second-order valence-corrected chi connectivity index (χ2v) is 6.02. The molecule has 0 aliphatic carbocycles. The molecule has 0 atom stereocenters. The van der Waals surface area contributed by atoms with Gasteiger partial charge in [0.25, 0.3) is 11.6 Å².